The summed E-state index contributed by atoms with van der Waals surface area (Å²) in [5.41, 5.74) is 6.78. The molecular weight excluding hydrogens is 346 g/mol. The van der Waals surface area contributed by atoms with Gasteiger partial charge in [0.25, 0.3) is 5.91 Å². The molecule has 1 aromatic carbocycles. The van der Waals surface area contributed by atoms with Crippen LogP contribution in [-0.4, -0.2) is 40.6 Å². The first-order chi connectivity index (χ1) is 13.7. The van der Waals surface area contributed by atoms with Crippen LogP contribution in [0.5, 0.6) is 0 Å². The molecular formula is C24H25N3O. The van der Waals surface area contributed by atoms with Crippen molar-refractivity contribution in [2.24, 2.45) is 4.99 Å². The summed E-state index contributed by atoms with van der Waals surface area (Å²) in [6, 6.07) is 12.7. The van der Waals surface area contributed by atoms with E-state index in [1.807, 2.05) is 42.6 Å². The van der Waals surface area contributed by atoms with Crippen LogP contribution in [0, 0.1) is 6.92 Å². The molecule has 3 aliphatic rings. The van der Waals surface area contributed by atoms with Crippen molar-refractivity contribution in [2.75, 3.05) is 6.54 Å². The van der Waals surface area contributed by atoms with Crippen LogP contribution in [0.4, 0.5) is 0 Å². The molecule has 1 aromatic heterocycles. The number of hydrogen-bond acceptors (Lipinski definition) is 3. The van der Waals surface area contributed by atoms with Gasteiger partial charge in [0.05, 0.1) is 12.2 Å². The first kappa shape index (κ1) is 17.4. The van der Waals surface area contributed by atoms with Gasteiger partial charge < -0.3 is 4.90 Å². The number of pyridine rings is 1. The zero-order valence-electron chi connectivity index (χ0n) is 16.3. The number of aryl methyl sites for hydroxylation is 1. The molecule has 0 bridgehead atoms. The van der Waals surface area contributed by atoms with Crippen LogP contribution < -0.4 is 0 Å². The SMILES string of the molecule is Cc1cc(C(=O)N(C2CC2)C2CCC3=C(C=NC3)C2)ccc1-c1ccccn1. The quantitative estimate of drug-likeness (QED) is 0.789. The molecule has 0 N–H and O–H groups in total. The van der Waals surface area contributed by atoms with E-state index in [1.54, 1.807) is 6.20 Å². The molecule has 5 rings (SSSR count). The van der Waals surface area contributed by atoms with Crippen LogP contribution in [0.1, 0.15) is 48.0 Å². The molecule has 0 saturated heterocycles. The molecule has 2 heterocycles. The number of amides is 1. The summed E-state index contributed by atoms with van der Waals surface area (Å²) in [4.78, 5) is 24.5. The smallest absolute Gasteiger partial charge is 0.254 e. The normalized spacial score (nSPS) is 21.0. The molecule has 0 spiro atoms. The Morgan fingerprint density at radius 3 is 2.75 bits per heavy atom. The van der Waals surface area contributed by atoms with E-state index in [1.165, 1.54) is 11.1 Å². The van der Waals surface area contributed by atoms with Crippen LogP contribution in [0.25, 0.3) is 11.3 Å². The number of nitrogens with zero attached hydrogens (tertiary/aromatic N) is 3. The average Bonchev–Trinajstić information content (AvgIpc) is 3.44. The number of aromatic nitrogens is 1. The molecule has 1 saturated carbocycles. The third-order valence-corrected chi connectivity index (χ3v) is 6.20. The highest BCUT2D eigenvalue weighted by Gasteiger charge is 2.39. The number of carbonyl (C=O) groups is 1. The van der Waals surface area contributed by atoms with Crippen LogP contribution in [0.2, 0.25) is 0 Å². The Hall–Kier alpha value is -2.75. The maximum Gasteiger partial charge on any atom is 0.254 e. The molecule has 142 valence electrons. The number of rotatable bonds is 4. The van der Waals surface area contributed by atoms with Crippen molar-refractivity contribution in [3.8, 4) is 11.3 Å². The molecule has 0 radical (unpaired) electrons. The second kappa shape index (κ2) is 7.01. The van der Waals surface area contributed by atoms with Gasteiger partial charge in [0.2, 0.25) is 0 Å². The Labute approximate surface area is 166 Å². The largest absolute Gasteiger partial charge is 0.332 e. The van der Waals surface area contributed by atoms with Crippen LogP contribution in [0.15, 0.2) is 58.7 Å². The highest BCUT2D eigenvalue weighted by atomic mass is 16.2. The van der Waals surface area contributed by atoms with E-state index in [9.17, 15) is 4.79 Å². The van der Waals surface area contributed by atoms with Gasteiger partial charge in [0.15, 0.2) is 0 Å². The predicted molar refractivity (Wildman–Crippen MR) is 112 cm³/mol. The fourth-order valence-corrected chi connectivity index (χ4v) is 4.57. The molecule has 4 nitrogen and oxygen atoms in total. The summed E-state index contributed by atoms with van der Waals surface area (Å²) < 4.78 is 0. The van der Waals surface area contributed by atoms with Gasteiger partial charge in [-0.15, -0.1) is 0 Å². The zero-order valence-corrected chi connectivity index (χ0v) is 16.3. The fraction of sp³-hybridized carbons (Fsp3) is 0.375. The Morgan fingerprint density at radius 2 is 2.00 bits per heavy atom. The lowest BCUT2D eigenvalue weighted by atomic mass is 9.88. The molecule has 4 heteroatoms. The molecule has 1 amide bonds. The zero-order chi connectivity index (χ0) is 19.1. The van der Waals surface area contributed by atoms with E-state index >= 15 is 0 Å². The molecule has 1 aliphatic heterocycles. The maximum atomic E-state index is 13.5. The lowest BCUT2D eigenvalue weighted by Crippen LogP contribution is -2.43. The highest BCUT2D eigenvalue weighted by molar-refractivity contribution is 5.96. The van der Waals surface area contributed by atoms with Crippen molar-refractivity contribution in [2.45, 2.75) is 51.1 Å². The van der Waals surface area contributed by atoms with E-state index in [4.69, 9.17) is 0 Å². The van der Waals surface area contributed by atoms with Gasteiger partial charge in [-0.1, -0.05) is 12.1 Å². The summed E-state index contributed by atoms with van der Waals surface area (Å²) in [5, 5.41) is 0. The van der Waals surface area contributed by atoms with Gasteiger partial charge in [0, 0.05) is 35.6 Å². The Morgan fingerprint density at radius 1 is 1.11 bits per heavy atom. The summed E-state index contributed by atoms with van der Waals surface area (Å²) in [6.45, 7) is 2.93. The average molecular weight is 371 g/mol. The molecule has 1 unspecified atom stereocenters. The first-order valence-corrected chi connectivity index (χ1v) is 10.3. The van der Waals surface area contributed by atoms with Crippen LogP contribution in [0.3, 0.4) is 0 Å². The van der Waals surface area contributed by atoms with E-state index in [0.29, 0.717) is 12.1 Å². The van der Waals surface area contributed by atoms with Crippen LogP contribution in [-0.2, 0) is 0 Å². The summed E-state index contributed by atoms with van der Waals surface area (Å²) in [7, 11) is 0. The number of carbonyl (C=O) groups excluding carboxylic acids is 1. The predicted octanol–water partition coefficient (Wildman–Crippen LogP) is 4.60. The number of hydrogen-bond donors (Lipinski definition) is 0. The topological polar surface area (TPSA) is 45.6 Å². The first-order valence-electron chi connectivity index (χ1n) is 10.3. The standard InChI is InChI=1S/C24H25N3O/c1-16-12-17(6-10-22(16)23-4-2-3-11-26-23)24(28)27(20-8-9-20)21-7-5-18-14-25-15-19(18)13-21/h2-4,6,10-12,15,20-21H,5,7-9,13-14H2,1H3. The minimum Gasteiger partial charge on any atom is -0.332 e. The van der Waals surface area contributed by atoms with Crippen molar-refractivity contribution in [1.29, 1.82) is 0 Å². The third kappa shape index (κ3) is 3.17. The summed E-state index contributed by atoms with van der Waals surface area (Å²) in [6.07, 6.45) is 9.21. The maximum absolute atomic E-state index is 13.5. The van der Waals surface area contributed by atoms with Crippen molar-refractivity contribution in [3.05, 3.63) is 64.9 Å². The van der Waals surface area contributed by atoms with Gasteiger partial charge in [0.1, 0.15) is 0 Å². The summed E-state index contributed by atoms with van der Waals surface area (Å²) >= 11 is 0. The molecule has 1 fully saturated rings. The van der Waals surface area contributed by atoms with Gasteiger partial charge in [-0.2, -0.15) is 0 Å². The molecule has 1 atom stereocenters. The van der Waals surface area contributed by atoms with Gasteiger partial charge in [-0.3, -0.25) is 14.8 Å². The lowest BCUT2D eigenvalue weighted by Gasteiger charge is -2.35. The monoisotopic (exact) mass is 371 g/mol. The molecule has 28 heavy (non-hydrogen) atoms. The van der Waals surface area contributed by atoms with Crippen molar-refractivity contribution < 1.29 is 4.79 Å². The van der Waals surface area contributed by atoms with Gasteiger partial charge in [-0.05, 0) is 80.0 Å². The minimum absolute atomic E-state index is 0.183. The summed E-state index contributed by atoms with van der Waals surface area (Å²) in [5.74, 6) is 0.183. The third-order valence-electron chi connectivity index (χ3n) is 6.20. The van der Waals surface area contributed by atoms with Crippen LogP contribution >= 0.6 is 0 Å². The van der Waals surface area contributed by atoms with Gasteiger partial charge in [-0.25, -0.2) is 0 Å². The minimum atomic E-state index is 0.183. The highest BCUT2D eigenvalue weighted by Crippen LogP contribution is 2.37. The van der Waals surface area contributed by atoms with E-state index < -0.39 is 0 Å². The van der Waals surface area contributed by atoms with Gasteiger partial charge >= 0.3 is 0 Å². The van der Waals surface area contributed by atoms with E-state index in [-0.39, 0.29) is 5.91 Å². The van der Waals surface area contributed by atoms with Crippen molar-refractivity contribution in [1.82, 2.24) is 9.88 Å². The Kier molecular flexibility index (Phi) is 4.34. The fourth-order valence-electron chi connectivity index (χ4n) is 4.57. The molecule has 2 aromatic rings. The van der Waals surface area contributed by atoms with Crippen molar-refractivity contribution in [3.63, 3.8) is 0 Å². The lowest BCUT2D eigenvalue weighted by molar-refractivity contribution is 0.0645. The van der Waals surface area contributed by atoms with E-state index in [0.717, 1.165) is 61.0 Å². The Bertz CT molecular complexity index is 973. The number of aliphatic imine (C=N–C) groups is 1. The molecule has 2 aliphatic carbocycles. The van der Waals surface area contributed by atoms with Crippen molar-refractivity contribution >= 4 is 12.1 Å². The second-order valence-corrected chi connectivity index (χ2v) is 8.18. The second-order valence-electron chi connectivity index (χ2n) is 8.18. The Balaban J connectivity index is 1.41. The van der Waals surface area contributed by atoms with E-state index in [2.05, 4.69) is 21.8 Å². The number of benzene rings is 1.